The average molecular weight is 385 g/mol. The first kappa shape index (κ1) is 20.6. The Kier molecular flexibility index (Phi) is 7.71. The summed E-state index contributed by atoms with van der Waals surface area (Å²) in [4.78, 5) is 23.1. The van der Waals surface area contributed by atoms with Crippen molar-refractivity contribution < 1.29 is 24.2 Å². The molecule has 1 aromatic carbocycles. The van der Waals surface area contributed by atoms with Crippen LogP contribution in [0.2, 0.25) is 0 Å². The van der Waals surface area contributed by atoms with Crippen LogP contribution in [0.5, 0.6) is 0 Å². The molecule has 7 nitrogen and oxygen atoms in total. The number of carboxylic acids is 2. The number of halogens is 1. The summed E-state index contributed by atoms with van der Waals surface area (Å²) < 4.78 is 14.6. The lowest BCUT2D eigenvalue weighted by atomic mass is 10.2. The van der Waals surface area contributed by atoms with E-state index in [1.165, 1.54) is 5.39 Å². The van der Waals surface area contributed by atoms with E-state index in [9.17, 15) is 14.0 Å². The standard InChI is InChI=1S/C16H16FN3.C4H4O4/c17-9-3-12-19(15-6-10-18-11-7-15)20-13-8-14-4-1-2-5-16(14)20;5-3(6)1-2-4(7)8/h1-2,4-8,10-11,13H,3,9,12H2;1-2H,(H,5,6)(H,7,8). The van der Waals surface area contributed by atoms with Gasteiger partial charge in [0.05, 0.1) is 17.9 Å². The Morgan fingerprint density at radius 3 is 2.29 bits per heavy atom. The zero-order valence-corrected chi connectivity index (χ0v) is 15.0. The number of aliphatic carboxylic acids is 2. The van der Waals surface area contributed by atoms with Gasteiger partial charge in [0, 0.05) is 42.7 Å². The fourth-order valence-electron chi connectivity index (χ4n) is 2.51. The second-order valence-electron chi connectivity index (χ2n) is 5.60. The van der Waals surface area contributed by atoms with Crippen LogP contribution in [0.3, 0.4) is 0 Å². The number of carbonyl (C=O) groups is 2. The predicted molar refractivity (Wildman–Crippen MR) is 104 cm³/mol. The maximum absolute atomic E-state index is 12.6. The van der Waals surface area contributed by atoms with Gasteiger partial charge in [0.1, 0.15) is 0 Å². The molecule has 0 bridgehead atoms. The summed E-state index contributed by atoms with van der Waals surface area (Å²) in [7, 11) is 0. The van der Waals surface area contributed by atoms with Crippen molar-refractivity contribution in [3.63, 3.8) is 0 Å². The molecule has 0 fully saturated rings. The third-order valence-electron chi connectivity index (χ3n) is 3.67. The van der Waals surface area contributed by atoms with E-state index >= 15 is 0 Å². The van der Waals surface area contributed by atoms with Crippen LogP contribution in [-0.2, 0) is 9.59 Å². The molecule has 28 heavy (non-hydrogen) atoms. The number of alkyl halides is 1. The number of fused-ring (bicyclic) bond motifs is 1. The van der Waals surface area contributed by atoms with Gasteiger partial charge in [-0.2, -0.15) is 0 Å². The Hall–Kier alpha value is -3.68. The van der Waals surface area contributed by atoms with Gasteiger partial charge in [0.2, 0.25) is 0 Å². The van der Waals surface area contributed by atoms with Crippen molar-refractivity contribution in [1.29, 1.82) is 0 Å². The number of nitrogens with zero attached hydrogens (tertiary/aromatic N) is 3. The van der Waals surface area contributed by atoms with E-state index in [0.717, 1.165) is 11.2 Å². The summed E-state index contributed by atoms with van der Waals surface area (Å²) >= 11 is 0. The predicted octanol–water partition coefficient (Wildman–Crippen LogP) is 3.38. The molecule has 0 aliphatic carbocycles. The largest absolute Gasteiger partial charge is 0.478 e. The molecule has 2 aromatic heterocycles. The average Bonchev–Trinajstić information content (AvgIpc) is 3.12. The lowest BCUT2D eigenvalue weighted by Gasteiger charge is -2.26. The Bertz CT molecular complexity index is 925. The monoisotopic (exact) mass is 385 g/mol. The fraction of sp³-hybridized carbons (Fsp3) is 0.150. The SMILES string of the molecule is FCCCN(c1ccncc1)n1ccc2ccccc21.O=C(O)C=CC(=O)O. The molecule has 3 rings (SSSR count). The molecule has 0 atom stereocenters. The number of aromatic nitrogens is 2. The quantitative estimate of drug-likeness (QED) is 0.606. The van der Waals surface area contributed by atoms with Gasteiger partial charge < -0.3 is 10.2 Å². The zero-order valence-electron chi connectivity index (χ0n) is 15.0. The van der Waals surface area contributed by atoms with Crippen LogP contribution in [0.25, 0.3) is 10.9 Å². The molecule has 0 saturated carbocycles. The number of hydrogen-bond acceptors (Lipinski definition) is 4. The van der Waals surface area contributed by atoms with Gasteiger partial charge in [-0.3, -0.25) is 19.1 Å². The summed E-state index contributed by atoms with van der Waals surface area (Å²) in [6, 6.07) is 14.1. The van der Waals surface area contributed by atoms with Gasteiger partial charge in [-0.25, -0.2) is 9.59 Å². The molecule has 2 heterocycles. The van der Waals surface area contributed by atoms with Crippen molar-refractivity contribution in [3.05, 3.63) is 73.2 Å². The van der Waals surface area contributed by atoms with Gasteiger partial charge in [-0.05, 0) is 30.7 Å². The topological polar surface area (TPSA) is 95.7 Å². The highest BCUT2D eigenvalue weighted by Gasteiger charge is 2.10. The van der Waals surface area contributed by atoms with Crippen LogP contribution in [0, 0.1) is 0 Å². The van der Waals surface area contributed by atoms with Crippen LogP contribution in [-0.4, -0.2) is 45.0 Å². The Morgan fingerprint density at radius 2 is 1.68 bits per heavy atom. The third-order valence-corrected chi connectivity index (χ3v) is 3.67. The van der Waals surface area contributed by atoms with E-state index in [1.807, 2.05) is 30.5 Å². The molecule has 8 heteroatoms. The Labute approximate surface area is 160 Å². The first-order chi connectivity index (χ1) is 13.5. The van der Waals surface area contributed by atoms with Crippen molar-refractivity contribution in [3.8, 4) is 0 Å². The van der Waals surface area contributed by atoms with Crippen molar-refractivity contribution in [2.45, 2.75) is 6.42 Å². The lowest BCUT2D eigenvalue weighted by molar-refractivity contribution is -0.134. The summed E-state index contributed by atoms with van der Waals surface area (Å²) in [6.45, 7) is 0.306. The molecule has 146 valence electrons. The normalized spacial score (nSPS) is 10.5. The maximum Gasteiger partial charge on any atom is 0.328 e. The van der Waals surface area contributed by atoms with Gasteiger partial charge in [-0.1, -0.05) is 18.2 Å². The second-order valence-corrected chi connectivity index (χ2v) is 5.60. The van der Waals surface area contributed by atoms with E-state index in [0.29, 0.717) is 25.1 Å². The summed E-state index contributed by atoms with van der Waals surface area (Å²) in [6.07, 6.45) is 7.13. The van der Waals surface area contributed by atoms with Crippen LogP contribution >= 0.6 is 0 Å². The van der Waals surface area contributed by atoms with Gasteiger partial charge in [0.15, 0.2) is 0 Å². The van der Waals surface area contributed by atoms with Crippen molar-refractivity contribution >= 4 is 28.5 Å². The van der Waals surface area contributed by atoms with Gasteiger partial charge >= 0.3 is 11.9 Å². The summed E-state index contributed by atoms with van der Waals surface area (Å²) in [5.41, 5.74) is 2.12. The summed E-state index contributed by atoms with van der Waals surface area (Å²) in [5, 5.41) is 18.9. The van der Waals surface area contributed by atoms with Crippen LogP contribution < -0.4 is 5.01 Å². The highest BCUT2D eigenvalue weighted by Crippen LogP contribution is 2.21. The van der Waals surface area contributed by atoms with Crippen molar-refractivity contribution in [2.75, 3.05) is 18.2 Å². The first-order valence-corrected chi connectivity index (χ1v) is 8.46. The molecular weight excluding hydrogens is 365 g/mol. The third kappa shape index (κ3) is 5.94. The van der Waals surface area contributed by atoms with Crippen LogP contribution in [0.1, 0.15) is 6.42 Å². The fourth-order valence-corrected chi connectivity index (χ4v) is 2.51. The molecule has 3 aromatic rings. The van der Waals surface area contributed by atoms with E-state index in [-0.39, 0.29) is 6.67 Å². The van der Waals surface area contributed by atoms with E-state index in [2.05, 4.69) is 32.9 Å². The highest BCUT2D eigenvalue weighted by molar-refractivity contribution is 5.89. The summed E-state index contributed by atoms with van der Waals surface area (Å²) in [5.74, 6) is -2.51. The highest BCUT2D eigenvalue weighted by atomic mass is 19.1. The number of anilines is 1. The molecule has 0 aliphatic heterocycles. The number of para-hydroxylation sites is 1. The van der Waals surface area contributed by atoms with Gasteiger partial charge in [-0.15, -0.1) is 0 Å². The number of hydrogen-bond donors (Lipinski definition) is 2. The molecule has 0 unspecified atom stereocenters. The molecular formula is C20H20FN3O4. The molecule has 2 N–H and O–H groups in total. The van der Waals surface area contributed by atoms with Crippen molar-refractivity contribution in [1.82, 2.24) is 9.66 Å². The van der Waals surface area contributed by atoms with E-state index in [1.54, 1.807) is 12.4 Å². The van der Waals surface area contributed by atoms with E-state index in [4.69, 9.17) is 10.2 Å². The molecule has 0 amide bonds. The number of benzene rings is 1. The number of pyridine rings is 1. The minimum absolute atomic E-state index is 0.319. The number of carboxylic acid groups (broad SMARTS) is 2. The molecule has 0 spiro atoms. The Balaban J connectivity index is 0.000000300. The van der Waals surface area contributed by atoms with Crippen LogP contribution in [0.15, 0.2) is 73.2 Å². The molecule has 0 aliphatic rings. The lowest BCUT2D eigenvalue weighted by Crippen LogP contribution is -2.30. The smallest absolute Gasteiger partial charge is 0.328 e. The second kappa shape index (κ2) is 10.5. The Morgan fingerprint density at radius 1 is 1.04 bits per heavy atom. The minimum Gasteiger partial charge on any atom is -0.478 e. The van der Waals surface area contributed by atoms with Crippen LogP contribution in [0.4, 0.5) is 10.1 Å². The van der Waals surface area contributed by atoms with E-state index < -0.39 is 11.9 Å². The van der Waals surface area contributed by atoms with Crippen molar-refractivity contribution in [2.24, 2.45) is 0 Å². The zero-order chi connectivity index (χ0) is 20.4. The van der Waals surface area contributed by atoms with Gasteiger partial charge in [0.25, 0.3) is 0 Å². The minimum atomic E-state index is -1.26. The molecule has 0 radical (unpaired) electrons. The molecule has 0 saturated heterocycles. The number of rotatable bonds is 7. The maximum atomic E-state index is 12.6. The first-order valence-electron chi connectivity index (χ1n) is 8.46.